The van der Waals surface area contributed by atoms with Crippen LogP contribution >= 0.6 is 0 Å². The first-order valence-electron chi connectivity index (χ1n) is 8.84. The van der Waals surface area contributed by atoms with E-state index in [1.807, 2.05) is 12.4 Å². The van der Waals surface area contributed by atoms with Crippen molar-refractivity contribution in [3.05, 3.63) is 30.1 Å². The van der Waals surface area contributed by atoms with Crippen LogP contribution in [0, 0.1) is 5.92 Å². The Bertz CT molecular complexity index is 546. The van der Waals surface area contributed by atoms with E-state index in [1.165, 1.54) is 12.0 Å². The van der Waals surface area contributed by atoms with Crippen LogP contribution in [0.15, 0.2) is 24.5 Å². The number of hydrogen-bond acceptors (Lipinski definition) is 4. The van der Waals surface area contributed by atoms with Gasteiger partial charge in [-0.25, -0.2) is 0 Å². The normalized spacial score (nSPS) is 29.0. The third kappa shape index (κ3) is 3.12. The number of fused-ring (bicyclic) bond motifs is 1. The van der Waals surface area contributed by atoms with Gasteiger partial charge in [0, 0.05) is 44.5 Å². The van der Waals surface area contributed by atoms with Crippen molar-refractivity contribution in [3.8, 4) is 0 Å². The minimum Gasteiger partial charge on any atom is -0.375 e. The molecule has 3 heterocycles. The van der Waals surface area contributed by atoms with E-state index >= 15 is 0 Å². The van der Waals surface area contributed by atoms with Crippen molar-refractivity contribution >= 4 is 5.91 Å². The summed E-state index contributed by atoms with van der Waals surface area (Å²) in [7, 11) is 0. The summed E-state index contributed by atoms with van der Waals surface area (Å²) in [6.07, 6.45) is 8.32. The Labute approximate surface area is 137 Å². The smallest absolute Gasteiger partial charge is 0.225 e. The lowest BCUT2D eigenvalue weighted by molar-refractivity contribution is -0.149. The van der Waals surface area contributed by atoms with Gasteiger partial charge in [-0.05, 0) is 37.0 Å². The van der Waals surface area contributed by atoms with Crippen LogP contribution in [0.4, 0.5) is 0 Å². The number of morpholine rings is 1. The number of pyridine rings is 1. The molecule has 2 aliphatic heterocycles. The van der Waals surface area contributed by atoms with Crippen LogP contribution in [0.5, 0.6) is 0 Å². The van der Waals surface area contributed by atoms with Crippen LogP contribution in [0.1, 0.15) is 31.2 Å². The van der Waals surface area contributed by atoms with Crippen LogP contribution in [-0.4, -0.2) is 59.1 Å². The highest BCUT2D eigenvalue weighted by Gasteiger charge is 2.40. The van der Waals surface area contributed by atoms with E-state index in [0.29, 0.717) is 17.9 Å². The first-order valence-corrected chi connectivity index (χ1v) is 8.84. The van der Waals surface area contributed by atoms with Crippen LogP contribution in [-0.2, 0) is 16.1 Å². The Morgan fingerprint density at radius 3 is 2.78 bits per heavy atom. The van der Waals surface area contributed by atoms with E-state index in [0.717, 1.165) is 52.0 Å². The third-order valence-corrected chi connectivity index (χ3v) is 5.60. The molecular formula is C18H25N3O2. The number of likely N-dealkylation sites (tertiary alicyclic amines) is 1. The van der Waals surface area contributed by atoms with Crippen LogP contribution in [0.25, 0.3) is 0 Å². The van der Waals surface area contributed by atoms with Crippen molar-refractivity contribution in [1.29, 1.82) is 0 Å². The van der Waals surface area contributed by atoms with Gasteiger partial charge in [-0.15, -0.1) is 0 Å². The maximum absolute atomic E-state index is 12.6. The van der Waals surface area contributed by atoms with E-state index in [9.17, 15) is 4.79 Å². The van der Waals surface area contributed by atoms with Gasteiger partial charge >= 0.3 is 0 Å². The fourth-order valence-electron chi connectivity index (χ4n) is 3.97. The lowest BCUT2D eigenvalue weighted by atomic mass is 9.83. The van der Waals surface area contributed by atoms with Gasteiger partial charge < -0.3 is 9.64 Å². The van der Waals surface area contributed by atoms with Crippen molar-refractivity contribution in [2.75, 3.05) is 26.2 Å². The Hall–Kier alpha value is -1.46. The Morgan fingerprint density at radius 1 is 1.22 bits per heavy atom. The predicted molar refractivity (Wildman–Crippen MR) is 86.7 cm³/mol. The molecule has 1 aliphatic carbocycles. The minimum atomic E-state index is 0.274. The van der Waals surface area contributed by atoms with Crippen molar-refractivity contribution in [1.82, 2.24) is 14.8 Å². The Morgan fingerprint density at radius 2 is 2.04 bits per heavy atom. The van der Waals surface area contributed by atoms with Gasteiger partial charge in [0.15, 0.2) is 0 Å². The number of piperidine rings is 1. The molecule has 124 valence electrons. The van der Waals surface area contributed by atoms with E-state index in [4.69, 9.17) is 4.74 Å². The van der Waals surface area contributed by atoms with E-state index in [1.54, 1.807) is 0 Å². The molecule has 0 radical (unpaired) electrons. The van der Waals surface area contributed by atoms with Gasteiger partial charge in [0.05, 0.1) is 18.8 Å². The van der Waals surface area contributed by atoms with E-state index in [-0.39, 0.29) is 6.10 Å². The fourth-order valence-corrected chi connectivity index (χ4v) is 3.97. The summed E-state index contributed by atoms with van der Waals surface area (Å²) in [6.45, 7) is 4.33. The van der Waals surface area contributed by atoms with Gasteiger partial charge in [0.25, 0.3) is 0 Å². The summed E-state index contributed by atoms with van der Waals surface area (Å²) < 4.78 is 5.99. The van der Waals surface area contributed by atoms with Crippen LogP contribution in [0.2, 0.25) is 0 Å². The molecule has 2 saturated heterocycles. The number of carbonyl (C=O) groups is 1. The number of amides is 1. The second-order valence-electron chi connectivity index (χ2n) is 7.00. The first kappa shape index (κ1) is 15.1. The molecule has 0 bridgehead atoms. The van der Waals surface area contributed by atoms with Crippen molar-refractivity contribution in [2.45, 2.75) is 44.4 Å². The minimum absolute atomic E-state index is 0.274. The lowest BCUT2D eigenvalue weighted by Crippen LogP contribution is -2.61. The quantitative estimate of drug-likeness (QED) is 0.851. The number of aromatic nitrogens is 1. The molecule has 4 rings (SSSR count). The highest BCUT2D eigenvalue weighted by Crippen LogP contribution is 2.31. The molecule has 1 aromatic heterocycles. The summed E-state index contributed by atoms with van der Waals surface area (Å²) in [5.41, 5.74) is 1.28. The second-order valence-corrected chi connectivity index (χ2v) is 7.00. The Kier molecular flexibility index (Phi) is 4.31. The first-order chi connectivity index (χ1) is 11.3. The molecule has 1 aromatic rings. The Balaban J connectivity index is 1.44. The number of nitrogens with zero attached hydrogens (tertiary/aromatic N) is 3. The monoisotopic (exact) mass is 315 g/mol. The molecule has 5 heteroatoms. The highest BCUT2D eigenvalue weighted by molar-refractivity contribution is 5.79. The zero-order valence-corrected chi connectivity index (χ0v) is 13.6. The number of carbonyl (C=O) groups excluding carboxylic acids is 1. The zero-order chi connectivity index (χ0) is 15.6. The summed E-state index contributed by atoms with van der Waals surface area (Å²) in [5, 5.41) is 0. The average molecular weight is 315 g/mol. The molecule has 1 amide bonds. The third-order valence-electron chi connectivity index (χ3n) is 5.60. The molecule has 2 atom stereocenters. The standard InChI is InChI=1S/C18H25N3O2/c22-18(15-2-1-3-15)21-9-6-17-16(13-21)20(10-11-23-17)12-14-4-7-19-8-5-14/h4-5,7-8,15-17H,1-3,6,9-13H2/t16-,17-/m1/s1. The molecule has 3 fully saturated rings. The largest absolute Gasteiger partial charge is 0.375 e. The fraction of sp³-hybridized carbons (Fsp3) is 0.667. The average Bonchev–Trinajstić information content (AvgIpc) is 2.54. The van der Waals surface area contributed by atoms with E-state index < -0.39 is 0 Å². The highest BCUT2D eigenvalue weighted by atomic mass is 16.5. The van der Waals surface area contributed by atoms with Crippen molar-refractivity contribution < 1.29 is 9.53 Å². The maximum atomic E-state index is 12.6. The molecular weight excluding hydrogens is 290 g/mol. The molecule has 1 saturated carbocycles. The molecule has 0 unspecified atom stereocenters. The van der Waals surface area contributed by atoms with Crippen LogP contribution in [0.3, 0.4) is 0 Å². The van der Waals surface area contributed by atoms with Crippen LogP contribution < -0.4 is 0 Å². The zero-order valence-electron chi connectivity index (χ0n) is 13.6. The summed E-state index contributed by atoms with van der Waals surface area (Å²) in [5.74, 6) is 0.675. The molecule has 0 N–H and O–H groups in total. The van der Waals surface area contributed by atoms with Gasteiger partial charge in [-0.2, -0.15) is 0 Å². The van der Waals surface area contributed by atoms with Crippen molar-refractivity contribution in [2.24, 2.45) is 5.92 Å². The predicted octanol–water partition coefficient (Wildman–Crippen LogP) is 1.68. The van der Waals surface area contributed by atoms with Gasteiger partial charge in [-0.1, -0.05) is 6.42 Å². The molecule has 3 aliphatic rings. The number of hydrogen-bond donors (Lipinski definition) is 0. The lowest BCUT2D eigenvalue weighted by Gasteiger charge is -2.48. The van der Waals surface area contributed by atoms with E-state index in [2.05, 4.69) is 26.9 Å². The summed E-state index contributed by atoms with van der Waals surface area (Å²) >= 11 is 0. The molecule has 0 spiro atoms. The van der Waals surface area contributed by atoms with Gasteiger partial charge in [0.1, 0.15) is 0 Å². The molecule has 23 heavy (non-hydrogen) atoms. The molecule has 5 nitrogen and oxygen atoms in total. The maximum Gasteiger partial charge on any atom is 0.225 e. The number of ether oxygens (including phenoxy) is 1. The summed E-state index contributed by atoms with van der Waals surface area (Å²) in [6, 6.07) is 4.48. The topological polar surface area (TPSA) is 45.7 Å². The summed E-state index contributed by atoms with van der Waals surface area (Å²) in [4.78, 5) is 21.3. The number of rotatable bonds is 3. The molecule has 0 aromatic carbocycles. The second kappa shape index (κ2) is 6.57. The van der Waals surface area contributed by atoms with Gasteiger partial charge in [-0.3, -0.25) is 14.7 Å². The SMILES string of the molecule is O=C(C1CCC1)N1CC[C@H]2OCCN(Cc3ccncc3)[C@@H]2C1. The van der Waals surface area contributed by atoms with Gasteiger partial charge in [0.2, 0.25) is 5.91 Å². The van der Waals surface area contributed by atoms with Crippen molar-refractivity contribution in [3.63, 3.8) is 0 Å².